The van der Waals surface area contributed by atoms with E-state index >= 15 is 0 Å². The van der Waals surface area contributed by atoms with Crippen LogP contribution in [0.15, 0.2) is 48.8 Å². The monoisotopic (exact) mass is 375 g/mol. The van der Waals surface area contributed by atoms with Crippen molar-refractivity contribution in [2.24, 2.45) is 5.92 Å². The molecule has 0 bridgehead atoms. The van der Waals surface area contributed by atoms with Crippen LogP contribution in [0, 0.1) is 5.92 Å². The Bertz CT molecular complexity index is 978. The van der Waals surface area contributed by atoms with Crippen molar-refractivity contribution in [1.29, 1.82) is 0 Å². The van der Waals surface area contributed by atoms with E-state index in [4.69, 9.17) is 0 Å². The molecule has 2 aromatic heterocycles. The van der Waals surface area contributed by atoms with Gasteiger partial charge in [-0.15, -0.1) is 10.2 Å². The molecule has 1 unspecified atom stereocenters. The molecule has 3 aromatic rings. The molecule has 0 radical (unpaired) electrons. The summed E-state index contributed by atoms with van der Waals surface area (Å²) in [6, 6.07) is 12.2. The maximum Gasteiger partial charge on any atom is 0.170 e. The molecule has 28 heavy (non-hydrogen) atoms. The highest BCUT2D eigenvalue weighted by molar-refractivity contribution is 5.55. The van der Waals surface area contributed by atoms with Crippen molar-refractivity contribution < 1.29 is 5.11 Å². The third kappa shape index (κ3) is 2.67. The average Bonchev–Trinajstić information content (AvgIpc) is 3.12. The van der Waals surface area contributed by atoms with Gasteiger partial charge in [0.2, 0.25) is 0 Å². The first-order valence-electron chi connectivity index (χ1n) is 10.0. The number of benzene rings is 1. The second-order valence-electron chi connectivity index (χ2n) is 7.99. The van der Waals surface area contributed by atoms with Crippen molar-refractivity contribution in [3.63, 3.8) is 0 Å². The van der Waals surface area contributed by atoms with Gasteiger partial charge in [0.05, 0.1) is 0 Å². The Morgan fingerprint density at radius 1 is 1.00 bits per heavy atom. The number of piperidine rings is 1. The number of pyridine rings is 1. The van der Waals surface area contributed by atoms with Gasteiger partial charge in [0.25, 0.3) is 0 Å². The molecule has 1 atom stereocenters. The number of likely N-dealkylation sites (tertiary alicyclic amines) is 1. The van der Waals surface area contributed by atoms with E-state index in [-0.39, 0.29) is 5.92 Å². The zero-order valence-electron chi connectivity index (χ0n) is 16.1. The number of fused-ring (bicyclic) bond motifs is 2. The molecule has 6 nitrogen and oxygen atoms in total. The lowest BCUT2D eigenvalue weighted by Gasteiger charge is -2.40. The number of nitrogens with zero attached hydrogens (tertiary/aromatic N) is 5. The predicted molar refractivity (Wildman–Crippen MR) is 107 cm³/mol. The SMILES string of the molecule is CN1CCC(C2(O)c3ccccc3CCn3c(-c4ccncc4)nnc32)CC1. The van der Waals surface area contributed by atoms with Gasteiger partial charge in [-0.05, 0) is 62.7 Å². The van der Waals surface area contributed by atoms with Crippen LogP contribution in [0.2, 0.25) is 0 Å². The summed E-state index contributed by atoms with van der Waals surface area (Å²) in [6.07, 6.45) is 6.28. The summed E-state index contributed by atoms with van der Waals surface area (Å²) in [6.45, 7) is 2.73. The number of hydrogen-bond donors (Lipinski definition) is 1. The fraction of sp³-hybridized carbons (Fsp3) is 0.409. The molecule has 144 valence electrons. The minimum atomic E-state index is -1.12. The van der Waals surface area contributed by atoms with Crippen molar-refractivity contribution in [2.45, 2.75) is 31.4 Å². The Morgan fingerprint density at radius 2 is 1.75 bits per heavy atom. The fourth-order valence-electron chi connectivity index (χ4n) is 4.80. The highest BCUT2D eigenvalue weighted by Gasteiger charge is 2.47. The Morgan fingerprint density at radius 3 is 2.54 bits per heavy atom. The van der Waals surface area contributed by atoms with E-state index in [9.17, 15) is 5.11 Å². The zero-order chi connectivity index (χ0) is 19.1. The highest BCUT2D eigenvalue weighted by Crippen LogP contribution is 2.44. The molecular formula is C22H25N5O. The summed E-state index contributed by atoms with van der Waals surface area (Å²) in [5, 5.41) is 21.3. The first-order chi connectivity index (χ1) is 13.7. The van der Waals surface area contributed by atoms with Gasteiger partial charge < -0.3 is 14.6 Å². The third-order valence-electron chi connectivity index (χ3n) is 6.37. The Labute approximate surface area is 164 Å². The van der Waals surface area contributed by atoms with Gasteiger partial charge >= 0.3 is 0 Å². The Balaban J connectivity index is 1.69. The first kappa shape index (κ1) is 17.5. The van der Waals surface area contributed by atoms with E-state index in [1.807, 2.05) is 18.2 Å². The second kappa shape index (κ2) is 6.79. The largest absolute Gasteiger partial charge is 0.377 e. The highest BCUT2D eigenvalue weighted by atomic mass is 16.3. The van der Waals surface area contributed by atoms with Crippen LogP contribution in [-0.2, 0) is 18.6 Å². The van der Waals surface area contributed by atoms with Crippen molar-refractivity contribution >= 4 is 0 Å². The van der Waals surface area contributed by atoms with Gasteiger partial charge in [-0.1, -0.05) is 24.3 Å². The molecule has 1 N–H and O–H groups in total. The number of hydrogen-bond acceptors (Lipinski definition) is 5. The van der Waals surface area contributed by atoms with Gasteiger partial charge in [0, 0.05) is 30.4 Å². The van der Waals surface area contributed by atoms with Gasteiger partial charge in [0.1, 0.15) is 0 Å². The summed E-state index contributed by atoms with van der Waals surface area (Å²) >= 11 is 0. The lowest BCUT2D eigenvalue weighted by molar-refractivity contribution is -0.0198. The quantitative estimate of drug-likeness (QED) is 0.745. The van der Waals surface area contributed by atoms with Gasteiger partial charge in [-0.25, -0.2) is 0 Å². The van der Waals surface area contributed by atoms with Gasteiger partial charge in [-0.3, -0.25) is 4.98 Å². The molecule has 1 aromatic carbocycles. The molecular weight excluding hydrogens is 350 g/mol. The van der Waals surface area contributed by atoms with Crippen LogP contribution in [0.25, 0.3) is 11.4 Å². The standard InChI is InChI=1S/C22H25N5O/c1-26-13-9-18(10-14-26)22(28)19-5-3-2-4-16(19)8-15-27-20(24-25-21(22)27)17-6-11-23-12-7-17/h2-7,11-12,18,28H,8-10,13-15H2,1H3. The zero-order valence-corrected chi connectivity index (χ0v) is 16.1. The Hall–Kier alpha value is -2.57. The minimum Gasteiger partial charge on any atom is -0.377 e. The van der Waals surface area contributed by atoms with Gasteiger partial charge in [0.15, 0.2) is 17.2 Å². The van der Waals surface area contributed by atoms with Crippen LogP contribution in [0.4, 0.5) is 0 Å². The lowest BCUT2D eigenvalue weighted by atomic mass is 9.74. The number of rotatable bonds is 2. The van der Waals surface area contributed by atoms with Crippen molar-refractivity contribution in [1.82, 2.24) is 24.6 Å². The summed E-state index contributed by atoms with van der Waals surface area (Å²) in [7, 11) is 2.14. The average molecular weight is 375 g/mol. The van der Waals surface area contributed by atoms with E-state index in [2.05, 4.69) is 49.9 Å². The molecule has 1 saturated heterocycles. The topological polar surface area (TPSA) is 67.1 Å². The number of aromatic nitrogens is 4. The fourth-order valence-corrected chi connectivity index (χ4v) is 4.80. The normalized spacial score (nSPS) is 23.1. The first-order valence-corrected chi connectivity index (χ1v) is 10.0. The lowest BCUT2D eigenvalue weighted by Crippen LogP contribution is -2.44. The summed E-state index contributed by atoms with van der Waals surface area (Å²) in [5.74, 6) is 1.60. The summed E-state index contributed by atoms with van der Waals surface area (Å²) in [4.78, 5) is 6.44. The second-order valence-corrected chi connectivity index (χ2v) is 7.99. The third-order valence-corrected chi connectivity index (χ3v) is 6.37. The van der Waals surface area contributed by atoms with Crippen molar-refractivity contribution in [2.75, 3.05) is 20.1 Å². The molecule has 0 saturated carbocycles. The molecule has 2 aliphatic heterocycles. The van der Waals surface area contributed by atoms with Crippen LogP contribution in [0.3, 0.4) is 0 Å². The Kier molecular flexibility index (Phi) is 4.25. The van der Waals surface area contributed by atoms with Crippen molar-refractivity contribution in [3.8, 4) is 11.4 Å². The molecule has 4 heterocycles. The molecule has 2 aliphatic rings. The van der Waals surface area contributed by atoms with Crippen LogP contribution < -0.4 is 0 Å². The van der Waals surface area contributed by atoms with E-state index in [1.54, 1.807) is 12.4 Å². The van der Waals surface area contributed by atoms with Crippen LogP contribution in [0.5, 0.6) is 0 Å². The molecule has 0 spiro atoms. The minimum absolute atomic E-state index is 0.121. The molecule has 0 amide bonds. The molecule has 6 heteroatoms. The maximum atomic E-state index is 12.3. The molecule has 1 fully saturated rings. The summed E-state index contributed by atoms with van der Waals surface area (Å²) < 4.78 is 2.12. The van der Waals surface area contributed by atoms with E-state index < -0.39 is 5.60 Å². The van der Waals surface area contributed by atoms with Crippen LogP contribution >= 0.6 is 0 Å². The number of aliphatic hydroxyl groups is 1. The van der Waals surface area contributed by atoms with E-state index in [0.29, 0.717) is 5.82 Å². The number of aryl methyl sites for hydroxylation is 1. The predicted octanol–water partition coefficient (Wildman–Crippen LogP) is 2.47. The van der Waals surface area contributed by atoms with Gasteiger partial charge in [-0.2, -0.15) is 0 Å². The molecule has 0 aliphatic carbocycles. The van der Waals surface area contributed by atoms with Crippen LogP contribution in [-0.4, -0.2) is 49.9 Å². The van der Waals surface area contributed by atoms with Crippen molar-refractivity contribution in [3.05, 3.63) is 65.7 Å². The van der Waals surface area contributed by atoms with Crippen LogP contribution in [0.1, 0.15) is 29.8 Å². The van der Waals surface area contributed by atoms with E-state index in [1.165, 1.54) is 5.56 Å². The summed E-state index contributed by atoms with van der Waals surface area (Å²) in [5.41, 5.74) is 2.06. The van der Waals surface area contributed by atoms with E-state index in [0.717, 1.165) is 55.8 Å². The maximum absolute atomic E-state index is 12.3. The molecule has 5 rings (SSSR count). The smallest absolute Gasteiger partial charge is 0.170 e.